The van der Waals surface area contributed by atoms with Crippen molar-refractivity contribution < 1.29 is 13.6 Å². The Morgan fingerprint density at radius 1 is 1.00 bits per heavy atom. The Bertz CT molecular complexity index is 714. The van der Waals surface area contributed by atoms with Gasteiger partial charge in [-0.1, -0.05) is 0 Å². The summed E-state index contributed by atoms with van der Waals surface area (Å²) in [4.78, 5) is 12.6. The minimum Gasteiger partial charge on any atom is -0.288 e. The Labute approximate surface area is 109 Å². The zero-order valence-corrected chi connectivity index (χ0v) is 10.6. The minimum absolute atomic E-state index is 0.169. The molecule has 0 unspecified atom stereocenters. The molecule has 0 aliphatic carbocycles. The Morgan fingerprint density at radius 3 is 2.56 bits per heavy atom. The van der Waals surface area contributed by atoms with Crippen molar-refractivity contribution in [2.45, 2.75) is 0 Å². The molecule has 18 heavy (non-hydrogen) atoms. The van der Waals surface area contributed by atoms with E-state index in [2.05, 4.69) is 0 Å². The third-order valence-electron chi connectivity index (χ3n) is 2.54. The number of carbonyl (C=O) groups excluding carboxylic acids is 1. The predicted octanol–water partition coefficient (Wildman–Crippen LogP) is 4.47. The van der Waals surface area contributed by atoms with Crippen LogP contribution < -0.4 is 0 Å². The summed E-state index contributed by atoms with van der Waals surface area (Å²) in [6.45, 7) is 0. The first-order valence-corrected chi connectivity index (χ1v) is 6.81. The molecule has 2 heterocycles. The number of benzene rings is 1. The normalized spacial score (nSPS) is 11.0. The molecule has 1 nitrogen and oxygen atoms in total. The number of carbonyl (C=O) groups is 1. The van der Waals surface area contributed by atoms with Crippen LogP contribution in [-0.2, 0) is 0 Å². The second kappa shape index (κ2) is 4.26. The molecule has 2 aromatic heterocycles. The monoisotopic (exact) mass is 280 g/mol. The van der Waals surface area contributed by atoms with Crippen molar-refractivity contribution in [2.75, 3.05) is 0 Å². The molecule has 0 saturated heterocycles. The van der Waals surface area contributed by atoms with Crippen molar-refractivity contribution >= 4 is 37.9 Å². The summed E-state index contributed by atoms with van der Waals surface area (Å²) in [5, 5.41) is 1.95. The summed E-state index contributed by atoms with van der Waals surface area (Å²) < 4.78 is 27.9. The molecule has 0 fully saturated rings. The fourth-order valence-corrected chi connectivity index (χ4v) is 3.73. The van der Waals surface area contributed by atoms with Crippen molar-refractivity contribution in [1.82, 2.24) is 0 Å². The molecule has 0 radical (unpaired) electrons. The molecule has 3 aromatic rings. The topological polar surface area (TPSA) is 17.1 Å². The van der Waals surface area contributed by atoms with Gasteiger partial charge in [-0.15, -0.1) is 22.7 Å². The molecular formula is C13H6F2OS2. The van der Waals surface area contributed by atoms with Crippen LogP contribution in [0.1, 0.15) is 15.2 Å². The van der Waals surface area contributed by atoms with Gasteiger partial charge < -0.3 is 0 Å². The molecule has 0 saturated carbocycles. The van der Waals surface area contributed by atoms with Gasteiger partial charge in [0.2, 0.25) is 5.78 Å². The fraction of sp³-hybridized carbons (Fsp3) is 0. The van der Waals surface area contributed by atoms with E-state index in [0.29, 0.717) is 4.88 Å². The Hall–Kier alpha value is -1.59. The van der Waals surface area contributed by atoms with Crippen molar-refractivity contribution in [2.24, 2.45) is 0 Å². The molecule has 0 aliphatic rings. The number of halogens is 2. The molecule has 0 amide bonds. The number of ketones is 1. The lowest BCUT2D eigenvalue weighted by Gasteiger charge is -1.98. The lowest BCUT2D eigenvalue weighted by molar-refractivity contribution is 0.104. The van der Waals surface area contributed by atoms with E-state index in [-0.39, 0.29) is 11.3 Å². The average molecular weight is 280 g/mol. The van der Waals surface area contributed by atoms with Gasteiger partial charge in [-0.2, -0.15) is 0 Å². The Morgan fingerprint density at radius 2 is 1.83 bits per heavy atom. The van der Waals surface area contributed by atoms with E-state index in [1.807, 2.05) is 11.4 Å². The highest BCUT2D eigenvalue weighted by Gasteiger charge is 2.15. The summed E-state index contributed by atoms with van der Waals surface area (Å²) in [6.07, 6.45) is 0. The summed E-state index contributed by atoms with van der Waals surface area (Å²) in [5.41, 5.74) is 0.169. The van der Waals surface area contributed by atoms with Crippen LogP contribution in [0.2, 0.25) is 0 Å². The maximum atomic E-state index is 13.1. The maximum Gasteiger partial charge on any atom is 0.203 e. The van der Waals surface area contributed by atoms with Crippen LogP contribution in [0.4, 0.5) is 8.78 Å². The van der Waals surface area contributed by atoms with Gasteiger partial charge >= 0.3 is 0 Å². The molecule has 90 valence electrons. The summed E-state index contributed by atoms with van der Waals surface area (Å²) in [6, 6.07) is 6.93. The second-order valence-electron chi connectivity index (χ2n) is 3.72. The molecule has 0 atom stereocenters. The van der Waals surface area contributed by atoms with Crippen LogP contribution in [0.25, 0.3) is 9.40 Å². The van der Waals surface area contributed by atoms with Gasteiger partial charge in [0, 0.05) is 15.0 Å². The van der Waals surface area contributed by atoms with E-state index < -0.39 is 11.6 Å². The maximum absolute atomic E-state index is 13.1. The van der Waals surface area contributed by atoms with Gasteiger partial charge in [-0.25, -0.2) is 8.78 Å². The summed E-state index contributed by atoms with van der Waals surface area (Å²) >= 11 is 2.91. The second-order valence-corrected chi connectivity index (χ2v) is 5.75. The van der Waals surface area contributed by atoms with E-state index >= 15 is 0 Å². The van der Waals surface area contributed by atoms with Gasteiger partial charge in [0.1, 0.15) is 0 Å². The average Bonchev–Trinajstić information content (AvgIpc) is 2.92. The van der Waals surface area contributed by atoms with Gasteiger partial charge in [-0.05, 0) is 35.7 Å². The lowest BCUT2D eigenvalue weighted by atomic mass is 10.1. The van der Waals surface area contributed by atoms with Crippen LogP contribution >= 0.6 is 22.7 Å². The molecule has 3 rings (SSSR count). The zero-order chi connectivity index (χ0) is 12.7. The van der Waals surface area contributed by atoms with Crippen molar-refractivity contribution in [1.29, 1.82) is 0 Å². The summed E-state index contributed by atoms with van der Waals surface area (Å²) in [7, 11) is 0. The van der Waals surface area contributed by atoms with Crippen LogP contribution in [-0.4, -0.2) is 5.78 Å². The number of thiophene rings is 2. The zero-order valence-electron chi connectivity index (χ0n) is 8.94. The highest BCUT2D eigenvalue weighted by Crippen LogP contribution is 2.31. The Kier molecular flexibility index (Phi) is 2.72. The lowest BCUT2D eigenvalue weighted by Crippen LogP contribution is -2.00. The van der Waals surface area contributed by atoms with Crippen LogP contribution in [0.15, 0.2) is 35.7 Å². The highest BCUT2D eigenvalue weighted by atomic mass is 32.1. The third kappa shape index (κ3) is 1.85. The van der Waals surface area contributed by atoms with Crippen molar-refractivity contribution in [3.63, 3.8) is 0 Å². The van der Waals surface area contributed by atoms with E-state index in [9.17, 15) is 13.6 Å². The number of rotatable bonds is 2. The molecule has 1 aromatic carbocycles. The standard InChI is InChI=1S/C13H6F2OS2/c14-8-2-1-7(5-9(8)15)13(16)12-6-11-10(18-12)3-4-17-11/h1-6H. The largest absolute Gasteiger partial charge is 0.288 e. The molecule has 0 bridgehead atoms. The van der Waals surface area contributed by atoms with Crippen molar-refractivity contribution in [3.8, 4) is 0 Å². The molecule has 0 N–H and O–H groups in total. The first-order chi connectivity index (χ1) is 8.65. The van der Waals surface area contributed by atoms with E-state index in [4.69, 9.17) is 0 Å². The molecule has 5 heteroatoms. The third-order valence-corrected chi connectivity index (χ3v) is 4.64. The van der Waals surface area contributed by atoms with Crippen LogP contribution in [0.3, 0.4) is 0 Å². The Balaban J connectivity index is 2.03. The van der Waals surface area contributed by atoms with E-state index in [0.717, 1.165) is 21.5 Å². The first kappa shape index (κ1) is 11.5. The molecular weight excluding hydrogens is 274 g/mol. The van der Waals surface area contributed by atoms with Gasteiger partial charge in [0.25, 0.3) is 0 Å². The fourth-order valence-electron chi connectivity index (χ4n) is 1.66. The minimum atomic E-state index is -1.00. The smallest absolute Gasteiger partial charge is 0.203 e. The highest BCUT2D eigenvalue weighted by molar-refractivity contribution is 7.28. The van der Waals surface area contributed by atoms with Gasteiger partial charge in [0.15, 0.2) is 11.6 Å². The van der Waals surface area contributed by atoms with Gasteiger partial charge in [0.05, 0.1) is 4.88 Å². The molecule has 0 aliphatic heterocycles. The van der Waals surface area contributed by atoms with Crippen LogP contribution in [0.5, 0.6) is 0 Å². The van der Waals surface area contributed by atoms with Gasteiger partial charge in [-0.3, -0.25) is 4.79 Å². The van der Waals surface area contributed by atoms with E-state index in [1.165, 1.54) is 17.4 Å². The number of hydrogen-bond acceptors (Lipinski definition) is 3. The quantitative estimate of drug-likeness (QED) is 0.633. The SMILES string of the molecule is O=C(c1ccc(F)c(F)c1)c1cc2sccc2s1. The van der Waals surface area contributed by atoms with Crippen molar-refractivity contribution in [3.05, 3.63) is 57.8 Å². The molecule has 0 spiro atoms. The van der Waals surface area contributed by atoms with Crippen LogP contribution in [0, 0.1) is 11.6 Å². The first-order valence-electron chi connectivity index (χ1n) is 5.12. The predicted molar refractivity (Wildman–Crippen MR) is 69.5 cm³/mol. The number of hydrogen-bond donors (Lipinski definition) is 0. The van der Waals surface area contributed by atoms with E-state index in [1.54, 1.807) is 17.4 Å². The number of fused-ring (bicyclic) bond motifs is 1. The summed E-state index contributed by atoms with van der Waals surface area (Å²) in [5.74, 6) is -2.22.